The molecule has 137 heavy (non-hydrogen) atoms. The molecule has 0 aliphatic heterocycles. The monoisotopic (exact) mass is 1950 g/mol. The van der Waals surface area contributed by atoms with Gasteiger partial charge in [-0.2, -0.15) is 0 Å². The Bertz CT molecular complexity index is 3610. The lowest BCUT2D eigenvalue weighted by Crippen LogP contribution is -2.61. The second kappa shape index (κ2) is 72.9. The number of carbonyl (C=O) groups is 17. The van der Waals surface area contributed by atoms with Gasteiger partial charge >= 0.3 is 0 Å². The molecule has 0 saturated heterocycles. The third kappa shape index (κ3) is 57.7. The molecule has 0 heterocycles. The molecule has 0 spiro atoms. The summed E-state index contributed by atoms with van der Waals surface area (Å²) in [6.45, 7) is 32.3. The van der Waals surface area contributed by atoms with Gasteiger partial charge < -0.3 is 125 Å². The van der Waals surface area contributed by atoms with Crippen LogP contribution in [0.1, 0.15) is 310 Å². The average molecular weight is 1950 g/mol. The fourth-order valence-corrected chi connectivity index (χ4v) is 15.3. The summed E-state index contributed by atoms with van der Waals surface area (Å²) in [5.74, 6) is -7.94. The van der Waals surface area contributed by atoms with E-state index in [1.807, 2.05) is 111 Å². The molecule has 0 unspecified atom stereocenters. The zero-order valence-corrected chi connectivity index (χ0v) is 85.7. The Labute approximate surface area is 815 Å². The first-order valence-electron chi connectivity index (χ1n) is 50.4. The second-order valence-electron chi connectivity index (χ2n) is 39.8. The zero-order chi connectivity index (χ0) is 104. The fraction of sp³-hybridized carbons (Fsp3) is 0.821. The number of nitrogens with one attached hydrogen (secondary N) is 17. The van der Waals surface area contributed by atoms with Crippen molar-refractivity contribution in [3.05, 3.63) is 0 Å². The quantitative estimate of drug-likeness (QED) is 0.0165. The first-order valence-corrected chi connectivity index (χ1v) is 50.4. The maximum Gasteiger partial charge on any atom is 0.243 e. The minimum Gasteiger partial charge on any atom is -0.355 e. The lowest BCUT2D eigenvalue weighted by Gasteiger charge is -2.30. The average Bonchev–Trinajstić information content (AvgIpc) is 0.853. The van der Waals surface area contributed by atoms with Crippen LogP contribution < -0.4 is 136 Å². The highest BCUT2D eigenvalue weighted by Crippen LogP contribution is 2.20. The fourth-order valence-electron chi connectivity index (χ4n) is 15.3. The van der Waals surface area contributed by atoms with Gasteiger partial charge in [0.15, 0.2) is 0 Å². The van der Waals surface area contributed by atoms with Gasteiger partial charge in [0, 0.05) is 13.0 Å². The standard InChI is InChI=1S/C95H183N25O17/c1-56(2)47-65(102)82(124)106-64(17)81(123)107-67(34-21-27-41-97)85(127)114-76(52-61(11)12)93(135)118-74(50-59(7)8)92(134)112-71(38-25-31-45-101)88(130)116-78(54-63(15)16)95(137)117-73(49-58(5)6)90(132)110-68(35-22-28-42-98)84(126)109-69(36-23-29-43-99)86(128)115-77(53-62(13)14)94(136)119-75(51-60(9)10)91(133)111-70(37-24-30-44-100)87(129)113-72(48-57(3)4)89(131)108-66(33-20-26-40-96)83(125)105-55-80(122)104-46-32-18-19-39-79(121)120-103/h56-78H,18-55,96-103H2,1-17H3,(H,104,122)(H,105,125)(H,106,124)(H,107,123)(H,108,131)(H,109,126)(H,110,132)(H,111,133)(H,112,134)(H,113,129)(H,114,127)(H,115,128)(H,116,130)(H,117,137)(H,118,135)(H,119,136)(H,120,121)/t64-,65-,66-,67-,68-,69-,70-,71-,72-,73-,74-,75-,76-,77-,78-/m0/s1. The number of amides is 17. The maximum absolute atomic E-state index is 15.0. The van der Waals surface area contributed by atoms with Gasteiger partial charge in [-0.25, -0.2) is 5.84 Å². The van der Waals surface area contributed by atoms with Crippen LogP contribution in [0.4, 0.5) is 0 Å². The molecule has 15 atom stereocenters. The molecule has 33 N–H and O–H groups in total. The van der Waals surface area contributed by atoms with Gasteiger partial charge in [-0.3, -0.25) is 86.9 Å². The number of unbranched alkanes of at least 4 members (excludes halogenated alkanes) is 8. The molecule has 17 amide bonds. The van der Waals surface area contributed by atoms with Gasteiger partial charge in [0.05, 0.1) is 12.6 Å². The van der Waals surface area contributed by atoms with Crippen molar-refractivity contribution in [1.29, 1.82) is 0 Å². The summed E-state index contributed by atoms with van der Waals surface area (Å²) in [5, 5.41) is 44.5. The Morgan fingerprint density at radius 1 is 0.204 bits per heavy atom. The van der Waals surface area contributed by atoms with Crippen LogP contribution in [-0.2, 0) is 81.5 Å². The van der Waals surface area contributed by atoms with Gasteiger partial charge in [0.25, 0.3) is 0 Å². The molecule has 0 fully saturated rings. The second-order valence-corrected chi connectivity index (χ2v) is 39.8. The molecule has 0 radical (unpaired) electrons. The molecule has 0 aromatic heterocycles. The summed E-state index contributed by atoms with van der Waals surface area (Å²) >= 11 is 0. The predicted octanol–water partition coefficient (Wildman–Crippen LogP) is 0.0463. The number of rotatable bonds is 77. The number of hydrogen-bond donors (Lipinski definition) is 25. The molecule has 790 valence electrons. The first kappa shape index (κ1) is 128. The van der Waals surface area contributed by atoms with E-state index in [4.69, 9.17) is 46.0 Å². The Morgan fingerprint density at radius 2 is 0.409 bits per heavy atom. The van der Waals surface area contributed by atoms with E-state index in [1.54, 1.807) is 0 Å². The Hall–Kier alpha value is -9.33. The summed E-state index contributed by atoms with van der Waals surface area (Å²) in [6.07, 6.45) is 8.15. The Balaban J connectivity index is 7.37. The molecular formula is C95H183N25O17. The van der Waals surface area contributed by atoms with E-state index in [0.29, 0.717) is 116 Å². The lowest BCUT2D eigenvalue weighted by molar-refractivity contribution is -0.137. The summed E-state index contributed by atoms with van der Waals surface area (Å²) < 4.78 is 0. The summed E-state index contributed by atoms with van der Waals surface area (Å²) in [4.78, 5) is 241. The van der Waals surface area contributed by atoms with Crippen molar-refractivity contribution < 1.29 is 81.5 Å². The summed E-state index contributed by atoms with van der Waals surface area (Å²) in [6, 6.07) is -18.5. The normalized spacial score (nSPS) is 14.8. The zero-order valence-electron chi connectivity index (χ0n) is 85.7. The van der Waals surface area contributed by atoms with Crippen molar-refractivity contribution >= 4 is 100 Å². The molecule has 0 aromatic rings. The van der Waals surface area contributed by atoms with Gasteiger partial charge in [-0.1, -0.05) is 117 Å². The highest BCUT2D eigenvalue weighted by Gasteiger charge is 2.40. The minimum atomic E-state index is -1.34. The number of carbonyl (C=O) groups excluding carboxylic acids is 17. The molecule has 0 saturated carbocycles. The van der Waals surface area contributed by atoms with Crippen LogP contribution >= 0.6 is 0 Å². The number of nitrogens with two attached hydrogens (primary N) is 8. The van der Waals surface area contributed by atoms with Crippen LogP contribution in [0, 0.1) is 47.3 Å². The van der Waals surface area contributed by atoms with Crippen LogP contribution in [0.2, 0.25) is 0 Å². The largest absolute Gasteiger partial charge is 0.355 e. The van der Waals surface area contributed by atoms with Crippen molar-refractivity contribution in [1.82, 2.24) is 90.5 Å². The van der Waals surface area contributed by atoms with E-state index in [0.717, 1.165) is 0 Å². The maximum atomic E-state index is 15.0. The Morgan fingerprint density at radius 3 is 0.620 bits per heavy atom. The van der Waals surface area contributed by atoms with Gasteiger partial charge in [0.1, 0.15) is 84.6 Å². The van der Waals surface area contributed by atoms with Crippen LogP contribution in [0.15, 0.2) is 0 Å². The first-order chi connectivity index (χ1) is 64.6. The third-order valence-electron chi connectivity index (χ3n) is 22.7. The van der Waals surface area contributed by atoms with E-state index in [9.17, 15) is 81.5 Å². The van der Waals surface area contributed by atoms with Crippen LogP contribution in [0.25, 0.3) is 0 Å². The van der Waals surface area contributed by atoms with E-state index in [1.165, 1.54) is 6.92 Å². The van der Waals surface area contributed by atoms with Crippen LogP contribution in [-0.4, -0.2) is 243 Å². The molecular weight excluding hydrogens is 1760 g/mol. The number of hydrazine groups is 1. The van der Waals surface area contributed by atoms with Crippen molar-refractivity contribution in [2.45, 2.75) is 401 Å². The minimum absolute atomic E-state index is 0.0105. The molecule has 42 nitrogen and oxygen atoms in total. The Kier molecular flexibility index (Phi) is 67.9. The van der Waals surface area contributed by atoms with E-state index in [-0.39, 0.29) is 176 Å². The van der Waals surface area contributed by atoms with Crippen LogP contribution in [0.3, 0.4) is 0 Å². The van der Waals surface area contributed by atoms with E-state index in [2.05, 4.69) is 90.5 Å². The lowest BCUT2D eigenvalue weighted by atomic mass is 9.98. The van der Waals surface area contributed by atoms with E-state index >= 15 is 0 Å². The van der Waals surface area contributed by atoms with Gasteiger partial charge in [0.2, 0.25) is 100 Å². The highest BCUT2D eigenvalue weighted by molar-refractivity contribution is 6.01. The van der Waals surface area contributed by atoms with Crippen LogP contribution in [0.5, 0.6) is 0 Å². The van der Waals surface area contributed by atoms with Crippen molar-refractivity contribution in [2.75, 3.05) is 52.4 Å². The molecule has 42 heteroatoms. The number of hydrogen-bond acceptors (Lipinski definition) is 25. The topological polar surface area (TPSA) is 703 Å². The molecule has 0 aromatic carbocycles. The van der Waals surface area contributed by atoms with E-state index < -0.39 is 192 Å². The SMILES string of the molecule is CC(C)C[C@H](NC(=O)[C@H](CCCCN)NC(=O)[C@H](C)NC(=O)[C@@H](N)CC(C)C)C(=O)N[C@@H](CC(C)C)C(=O)N[C@@H](CCCCN)C(=O)N[C@@H](CC(C)C)C(=O)N[C@@H](CC(C)C)C(=O)N[C@@H](CCCCN)C(=O)N[C@@H](CCCCN)C(=O)N[C@@H](CC(C)C)C(=O)N[C@@H](CC(C)C)C(=O)N[C@@H](CCCCN)C(=O)N[C@@H](CC(C)C)C(=O)N[C@@H](CCCCN)C(=O)NCC(=O)NCCCCCC(=O)NN. The highest BCUT2D eigenvalue weighted by atomic mass is 16.2. The van der Waals surface area contributed by atoms with Crippen molar-refractivity contribution in [2.24, 2.45) is 93.3 Å². The summed E-state index contributed by atoms with van der Waals surface area (Å²) in [7, 11) is 0. The van der Waals surface area contributed by atoms with Gasteiger partial charge in [-0.05, 0) is 273 Å². The third-order valence-corrected chi connectivity index (χ3v) is 22.7. The van der Waals surface area contributed by atoms with Gasteiger partial charge in [-0.15, -0.1) is 0 Å². The smallest absolute Gasteiger partial charge is 0.243 e. The molecule has 0 bridgehead atoms. The predicted molar refractivity (Wildman–Crippen MR) is 531 cm³/mol. The molecule has 0 rings (SSSR count). The summed E-state index contributed by atoms with van der Waals surface area (Å²) in [5.41, 5.74) is 43.5. The molecule has 0 aliphatic carbocycles. The van der Waals surface area contributed by atoms with Crippen molar-refractivity contribution in [3.63, 3.8) is 0 Å². The molecule has 0 aliphatic rings. The van der Waals surface area contributed by atoms with Crippen molar-refractivity contribution in [3.8, 4) is 0 Å².